The van der Waals surface area contributed by atoms with Gasteiger partial charge in [0.05, 0.1) is 0 Å². The van der Waals surface area contributed by atoms with Crippen molar-refractivity contribution in [2.24, 2.45) is 5.92 Å². The van der Waals surface area contributed by atoms with Gasteiger partial charge in [0.15, 0.2) is 6.10 Å². The molecule has 0 aromatic heterocycles. The third-order valence-corrected chi connectivity index (χ3v) is 1.75. The van der Waals surface area contributed by atoms with Crippen LogP contribution in [0.2, 0.25) is 0 Å². The molecule has 0 amide bonds. The van der Waals surface area contributed by atoms with Crippen LogP contribution in [0.5, 0.6) is 0 Å². The topological polar surface area (TPSA) is 57.5 Å². The molecule has 0 rings (SSSR count). The molecule has 10 heavy (non-hydrogen) atoms. The molecular weight excluding hydrogens is 132 g/mol. The molecule has 0 heterocycles. The Morgan fingerprint density at radius 2 is 1.80 bits per heavy atom. The van der Waals surface area contributed by atoms with E-state index in [1.165, 1.54) is 0 Å². The van der Waals surface area contributed by atoms with Gasteiger partial charge in [0, 0.05) is 0 Å². The number of carbonyl (C=O) groups is 1. The molecule has 0 bridgehead atoms. The maximum atomic E-state index is 10.2. The maximum absolute atomic E-state index is 10.2. The average molecular weight is 146 g/mol. The number of hydrogen-bond acceptors (Lipinski definition) is 2. The fraction of sp³-hybridized carbons (Fsp3) is 0.857. The van der Waals surface area contributed by atoms with Crippen molar-refractivity contribution < 1.29 is 15.0 Å². The van der Waals surface area contributed by atoms with E-state index in [1.54, 1.807) is 0 Å². The lowest BCUT2D eigenvalue weighted by atomic mass is 9.97. The molecule has 3 nitrogen and oxygen atoms in total. The van der Waals surface area contributed by atoms with Crippen molar-refractivity contribution in [3.8, 4) is 0 Å². The summed E-state index contributed by atoms with van der Waals surface area (Å²) in [6.07, 6.45) is 0.239. The van der Waals surface area contributed by atoms with Gasteiger partial charge < -0.3 is 10.2 Å². The van der Waals surface area contributed by atoms with Crippen LogP contribution in [0.25, 0.3) is 0 Å². The van der Waals surface area contributed by atoms with Crippen molar-refractivity contribution in [2.75, 3.05) is 0 Å². The Morgan fingerprint density at radius 1 is 1.40 bits per heavy atom. The molecule has 2 N–H and O–H groups in total. The van der Waals surface area contributed by atoms with E-state index in [0.717, 1.165) is 0 Å². The predicted octanol–water partition coefficient (Wildman–Crippen LogP) is 0.868. The molecule has 0 aromatic rings. The number of hydrogen-bond donors (Lipinski definition) is 2. The van der Waals surface area contributed by atoms with Gasteiger partial charge in [-0.2, -0.15) is 0 Å². The second-order valence-electron chi connectivity index (χ2n) is 2.36. The molecule has 0 saturated heterocycles. The second-order valence-corrected chi connectivity index (χ2v) is 2.36. The van der Waals surface area contributed by atoms with Gasteiger partial charge in [0.1, 0.15) is 0 Å². The SMILES string of the molecule is CCC(CC)[C@H](O)C(=O)O. The molecule has 0 radical (unpaired) electrons. The lowest BCUT2D eigenvalue weighted by Gasteiger charge is -2.14. The molecule has 0 aromatic carbocycles. The van der Waals surface area contributed by atoms with Gasteiger partial charge >= 0.3 is 5.97 Å². The predicted molar refractivity (Wildman–Crippen MR) is 37.7 cm³/mol. The van der Waals surface area contributed by atoms with Crippen molar-refractivity contribution in [1.82, 2.24) is 0 Å². The Labute approximate surface area is 60.7 Å². The van der Waals surface area contributed by atoms with Crippen LogP contribution >= 0.6 is 0 Å². The molecule has 0 saturated carbocycles. The highest BCUT2D eigenvalue weighted by Crippen LogP contribution is 2.12. The van der Waals surface area contributed by atoms with Gasteiger partial charge in [-0.25, -0.2) is 4.79 Å². The van der Waals surface area contributed by atoms with Crippen LogP contribution in [0.3, 0.4) is 0 Å². The van der Waals surface area contributed by atoms with E-state index in [1.807, 2.05) is 13.8 Å². The van der Waals surface area contributed by atoms with E-state index in [-0.39, 0.29) is 5.92 Å². The zero-order valence-corrected chi connectivity index (χ0v) is 6.37. The minimum absolute atomic E-state index is 0.0995. The Morgan fingerprint density at radius 3 is 1.90 bits per heavy atom. The highest BCUT2D eigenvalue weighted by molar-refractivity contribution is 5.72. The number of carboxylic acid groups (broad SMARTS) is 1. The fourth-order valence-corrected chi connectivity index (χ4v) is 0.937. The monoisotopic (exact) mass is 146 g/mol. The van der Waals surface area contributed by atoms with Crippen LogP contribution in [0.4, 0.5) is 0 Å². The molecule has 0 fully saturated rings. The minimum atomic E-state index is -1.19. The zero-order valence-electron chi connectivity index (χ0n) is 6.37. The van der Waals surface area contributed by atoms with Gasteiger partial charge in [-0.3, -0.25) is 0 Å². The van der Waals surface area contributed by atoms with E-state index in [9.17, 15) is 4.79 Å². The summed E-state index contributed by atoms with van der Waals surface area (Å²) in [4.78, 5) is 10.2. The molecule has 1 atom stereocenters. The standard InChI is InChI=1S/C7H14O3/c1-3-5(4-2)6(8)7(9)10/h5-6,8H,3-4H2,1-2H3,(H,9,10)/t6-/m0/s1. The highest BCUT2D eigenvalue weighted by atomic mass is 16.4. The summed E-state index contributed by atoms with van der Waals surface area (Å²) >= 11 is 0. The van der Waals surface area contributed by atoms with Gasteiger partial charge in [-0.1, -0.05) is 26.7 Å². The lowest BCUT2D eigenvalue weighted by molar-refractivity contribution is -0.149. The smallest absolute Gasteiger partial charge is 0.332 e. The van der Waals surface area contributed by atoms with Crippen molar-refractivity contribution in [2.45, 2.75) is 32.8 Å². The molecular formula is C7H14O3. The third kappa shape index (κ3) is 2.35. The Kier molecular flexibility index (Phi) is 4.03. The first-order valence-electron chi connectivity index (χ1n) is 3.54. The molecule has 0 unspecified atom stereocenters. The Bertz CT molecular complexity index is 107. The first-order chi connectivity index (χ1) is 4.63. The summed E-state index contributed by atoms with van der Waals surface area (Å²) in [6, 6.07) is 0. The van der Waals surface area contributed by atoms with Crippen LogP contribution in [0.15, 0.2) is 0 Å². The second kappa shape index (κ2) is 4.28. The summed E-state index contributed by atoms with van der Waals surface area (Å²) in [6.45, 7) is 3.75. The number of rotatable bonds is 4. The van der Waals surface area contributed by atoms with E-state index in [4.69, 9.17) is 10.2 Å². The van der Waals surface area contributed by atoms with Gasteiger partial charge in [-0.05, 0) is 5.92 Å². The van der Waals surface area contributed by atoms with Crippen LogP contribution in [-0.4, -0.2) is 22.3 Å². The first kappa shape index (κ1) is 9.43. The lowest BCUT2D eigenvalue weighted by Crippen LogP contribution is -2.28. The van der Waals surface area contributed by atoms with Crippen molar-refractivity contribution in [3.63, 3.8) is 0 Å². The molecule has 0 aliphatic carbocycles. The van der Waals surface area contributed by atoms with Gasteiger partial charge in [0.2, 0.25) is 0 Å². The molecule has 0 spiro atoms. The normalized spacial score (nSPS) is 13.6. The Hall–Kier alpha value is -0.570. The van der Waals surface area contributed by atoms with Crippen LogP contribution in [0.1, 0.15) is 26.7 Å². The number of aliphatic carboxylic acids is 1. The van der Waals surface area contributed by atoms with E-state index >= 15 is 0 Å². The summed E-state index contributed by atoms with van der Waals surface area (Å²) in [5.41, 5.74) is 0. The summed E-state index contributed by atoms with van der Waals surface area (Å²) in [5.74, 6) is -1.22. The molecule has 60 valence electrons. The summed E-state index contributed by atoms with van der Waals surface area (Å²) in [7, 11) is 0. The average Bonchev–Trinajstić information content (AvgIpc) is 1.90. The summed E-state index contributed by atoms with van der Waals surface area (Å²) in [5, 5.41) is 17.4. The third-order valence-electron chi connectivity index (χ3n) is 1.75. The van der Waals surface area contributed by atoms with Gasteiger partial charge in [0.25, 0.3) is 0 Å². The summed E-state index contributed by atoms with van der Waals surface area (Å²) < 4.78 is 0. The molecule has 0 aliphatic heterocycles. The molecule has 0 aliphatic rings. The van der Waals surface area contributed by atoms with Crippen molar-refractivity contribution in [1.29, 1.82) is 0 Å². The number of aliphatic hydroxyl groups is 1. The highest BCUT2D eigenvalue weighted by Gasteiger charge is 2.21. The largest absolute Gasteiger partial charge is 0.479 e. The quantitative estimate of drug-likeness (QED) is 0.618. The van der Waals surface area contributed by atoms with Crippen molar-refractivity contribution in [3.05, 3.63) is 0 Å². The van der Waals surface area contributed by atoms with Gasteiger partial charge in [-0.15, -0.1) is 0 Å². The van der Waals surface area contributed by atoms with Crippen LogP contribution in [0, 0.1) is 5.92 Å². The van der Waals surface area contributed by atoms with Crippen molar-refractivity contribution >= 4 is 5.97 Å². The zero-order chi connectivity index (χ0) is 8.15. The Balaban J connectivity index is 3.88. The fourth-order valence-electron chi connectivity index (χ4n) is 0.937. The van der Waals surface area contributed by atoms with E-state index < -0.39 is 12.1 Å². The number of carboxylic acids is 1. The van der Waals surface area contributed by atoms with E-state index in [0.29, 0.717) is 12.8 Å². The minimum Gasteiger partial charge on any atom is -0.479 e. The van der Waals surface area contributed by atoms with Crippen LogP contribution < -0.4 is 0 Å². The maximum Gasteiger partial charge on any atom is 0.332 e. The van der Waals surface area contributed by atoms with Crippen LogP contribution in [-0.2, 0) is 4.79 Å². The first-order valence-corrected chi connectivity index (χ1v) is 3.54. The number of aliphatic hydroxyl groups excluding tert-OH is 1. The molecule has 3 heteroatoms. The van der Waals surface area contributed by atoms with E-state index in [2.05, 4.69) is 0 Å².